The number of amides is 3. The summed E-state index contributed by atoms with van der Waals surface area (Å²) in [5.74, 6) is -0.268. The minimum absolute atomic E-state index is 0.198. The van der Waals surface area contributed by atoms with Gasteiger partial charge in [-0.05, 0) is 62.9 Å². The van der Waals surface area contributed by atoms with Crippen LogP contribution in [-0.4, -0.2) is 69.8 Å². The van der Waals surface area contributed by atoms with Crippen molar-refractivity contribution >= 4 is 29.5 Å². The summed E-state index contributed by atoms with van der Waals surface area (Å²) in [6.45, 7) is 8.09. The average molecular weight is 620 g/mol. The first-order valence-electron chi connectivity index (χ1n) is 14.7. The van der Waals surface area contributed by atoms with Crippen LogP contribution in [0, 0.1) is 6.92 Å². The molecule has 10 heteroatoms. The molecule has 0 spiro atoms. The molecule has 4 rings (SSSR count). The molecule has 3 unspecified atom stereocenters. The molecule has 3 atom stereocenters. The van der Waals surface area contributed by atoms with Gasteiger partial charge in [0.2, 0.25) is 5.91 Å². The number of nitrogens with zero attached hydrogens (tertiary/aromatic N) is 1. The number of nitrogens with one attached hydrogen (secondary N) is 2. The Labute approximate surface area is 263 Å². The first kappa shape index (κ1) is 32.9. The Balaban J connectivity index is 1.48. The average Bonchev–Trinajstić information content (AvgIpc) is 3.34. The van der Waals surface area contributed by atoms with Gasteiger partial charge in [0.1, 0.15) is 6.04 Å². The second-order valence-corrected chi connectivity index (χ2v) is 12.8. The van der Waals surface area contributed by atoms with Gasteiger partial charge in [0.25, 0.3) is 11.8 Å². The van der Waals surface area contributed by atoms with Crippen LogP contribution in [0.2, 0.25) is 0 Å². The predicted molar refractivity (Wildman–Crippen MR) is 171 cm³/mol. The number of rotatable bonds is 13. The fourth-order valence-corrected chi connectivity index (χ4v) is 6.33. The third-order valence-corrected chi connectivity index (χ3v) is 8.95. The van der Waals surface area contributed by atoms with Gasteiger partial charge in [-0.15, -0.1) is 11.8 Å². The Kier molecular flexibility index (Phi) is 11.3. The maximum atomic E-state index is 13.9. The van der Waals surface area contributed by atoms with Gasteiger partial charge in [-0.1, -0.05) is 66.7 Å². The highest BCUT2D eigenvalue weighted by molar-refractivity contribution is 8.00. The van der Waals surface area contributed by atoms with Crippen molar-refractivity contribution in [3.8, 4) is 11.5 Å². The molecule has 234 valence electrons. The topological polar surface area (TPSA) is 117 Å². The van der Waals surface area contributed by atoms with Crippen LogP contribution in [0.4, 0.5) is 0 Å². The quantitative estimate of drug-likeness (QED) is 0.266. The first-order valence-corrected chi connectivity index (χ1v) is 15.7. The van der Waals surface area contributed by atoms with E-state index in [2.05, 4.69) is 10.6 Å². The first-order chi connectivity index (χ1) is 21.1. The summed E-state index contributed by atoms with van der Waals surface area (Å²) in [5.41, 5.74) is 2.87. The molecule has 0 saturated carbocycles. The number of thioether (sulfide) groups is 1. The van der Waals surface area contributed by atoms with Gasteiger partial charge >= 0.3 is 0 Å². The number of aliphatic hydroxyl groups is 1. The van der Waals surface area contributed by atoms with Crippen LogP contribution in [0.3, 0.4) is 0 Å². The van der Waals surface area contributed by atoms with Gasteiger partial charge in [0, 0.05) is 11.3 Å². The minimum Gasteiger partial charge on any atom is -0.490 e. The molecule has 1 heterocycles. The highest BCUT2D eigenvalue weighted by atomic mass is 32.2. The van der Waals surface area contributed by atoms with E-state index in [9.17, 15) is 19.5 Å². The molecule has 1 aliphatic heterocycles. The molecule has 1 fully saturated rings. The zero-order valence-electron chi connectivity index (χ0n) is 25.6. The van der Waals surface area contributed by atoms with Crippen molar-refractivity contribution in [1.29, 1.82) is 0 Å². The molecule has 3 aromatic carbocycles. The number of ether oxygens (including phenoxy) is 2. The molecule has 1 saturated heterocycles. The lowest BCUT2D eigenvalue weighted by Crippen LogP contribution is -2.59. The SMILES string of the molecule is CCOc1ccccc1OCC(=O)NC(Cc1ccccc1)C(O)C(=O)N1CSC(C)(C)C1C(=O)NCc1ccccc1C. The summed E-state index contributed by atoms with van der Waals surface area (Å²) in [4.78, 5) is 41.9. The standard InChI is InChI=1S/C34H41N3O6S/c1-5-42-27-17-11-12-18-28(27)43-21-29(38)36-26(19-24-14-7-6-8-15-24)30(39)33(41)37-22-44-34(3,4)31(37)32(40)35-20-25-16-10-9-13-23(25)2/h6-18,26,30-31,39H,5,19-22H2,1-4H3,(H,35,40)(H,36,38). The number of hydrogen-bond acceptors (Lipinski definition) is 7. The molecule has 0 radical (unpaired) electrons. The lowest BCUT2D eigenvalue weighted by atomic mass is 9.97. The van der Waals surface area contributed by atoms with Crippen molar-refractivity contribution < 1.29 is 29.0 Å². The van der Waals surface area contributed by atoms with Crippen molar-refractivity contribution in [2.45, 2.75) is 63.6 Å². The molecule has 44 heavy (non-hydrogen) atoms. The minimum atomic E-state index is -1.60. The Morgan fingerprint density at radius 1 is 0.977 bits per heavy atom. The van der Waals surface area contributed by atoms with E-state index in [4.69, 9.17) is 9.47 Å². The van der Waals surface area contributed by atoms with Gasteiger partial charge in [0.05, 0.1) is 18.5 Å². The highest BCUT2D eigenvalue weighted by Crippen LogP contribution is 2.40. The summed E-state index contributed by atoms with van der Waals surface area (Å²) < 4.78 is 10.7. The molecular formula is C34H41N3O6S. The number of carbonyl (C=O) groups excluding carboxylic acids is 3. The molecule has 0 bridgehead atoms. The zero-order chi connectivity index (χ0) is 31.7. The van der Waals surface area contributed by atoms with Gasteiger partial charge in [-0.2, -0.15) is 0 Å². The number of aryl methyl sites for hydroxylation is 1. The van der Waals surface area contributed by atoms with Gasteiger partial charge in [-0.3, -0.25) is 14.4 Å². The molecule has 0 aromatic heterocycles. The maximum absolute atomic E-state index is 13.9. The summed E-state index contributed by atoms with van der Waals surface area (Å²) in [6, 6.07) is 22.3. The maximum Gasteiger partial charge on any atom is 0.258 e. The Morgan fingerprint density at radius 3 is 2.30 bits per heavy atom. The van der Waals surface area contributed by atoms with Crippen LogP contribution in [0.25, 0.3) is 0 Å². The fraction of sp³-hybridized carbons (Fsp3) is 0.382. The highest BCUT2D eigenvalue weighted by Gasteiger charge is 2.49. The van der Waals surface area contributed by atoms with Crippen LogP contribution in [0.1, 0.15) is 37.5 Å². The number of para-hydroxylation sites is 2. The molecule has 3 amide bonds. The Hall–Kier alpha value is -4.02. The molecular weight excluding hydrogens is 578 g/mol. The van der Waals surface area contributed by atoms with Crippen molar-refractivity contribution in [2.24, 2.45) is 0 Å². The largest absolute Gasteiger partial charge is 0.490 e. The van der Waals surface area contributed by atoms with E-state index in [1.165, 1.54) is 16.7 Å². The van der Waals surface area contributed by atoms with Crippen molar-refractivity contribution in [3.05, 3.63) is 95.6 Å². The zero-order valence-corrected chi connectivity index (χ0v) is 26.4. The van der Waals surface area contributed by atoms with E-state index >= 15 is 0 Å². The van der Waals surface area contributed by atoms with Crippen LogP contribution in [0.5, 0.6) is 11.5 Å². The van der Waals surface area contributed by atoms with E-state index in [1.54, 1.807) is 18.2 Å². The van der Waals surface area contributed by atoms with Crippen LogP contribution < -0.4 is 20.1 Å². The fourth-order valence-electron chi connectivity index (χ4n) is 5.19. The van der Waals surface area contributed by atoms with E-state index in [1.807, 2.05) is 88.4 Å². The number of benzene rings is 3. The molecule has 3 N–H and O–H groups in total. The molecule has 9 nitrogen and oxygen atoms in total. The lowest BCUT2D eigenvalue weighted by molar-refractivity contribution is -0.148. The van der Waals surface area contributed by atoms with E-state index in [0.717, 1.165) is 16.7 Å². The third-order valence-electron chi connectivity index (χ3n) is 7.58. The summed E-state index contributed by atoms with van der Waals surface area (Å²) in [5, 5.41) is 17.2. The summed E-state index contributed by atoms with van der Waals surface area (Å²) in [6.07, 6.45) is -1.40. The Morgan fingerprint density at radius 2 is 1.61 bits per heavy atom. The number of carbonyl (C=O) groups is 3. The van der Waals surface area contributed by atoms with Gasteiger partial charge in [-0.25, -0.2) is 0 Å². The second-order valence-electron chi connectivity index (χ2n) is 11.2. The monoisotopic (exact) mass is 619 g/mol. The van der Waals surface area contributed by atoms with Crippen LogP contribution >= 0.6 is 11.8 Å². The van der Waals surface area contributed by atoms with E-state index < -0.39 is 34.7 Å². The Bertz CT molecular complexity index is 1430. The van der Waals surface area contributed by atoms with Crippen LogP contribution in [0.15, 0.2) is 78.9 Å². The van der Waals surface area contributed by atoms with Crippen LogP contribution in [-0.2, 0) is 27.3 Å². The van der Waals surface area contributed by atoms with Crippen molar-refractivity contribution in [2.75, 3.05) is 19.1 Å². The predicted octanol–water partition coefficient (Wildman–Crippen LogP) is 3.86. The normalized spacial score (nSPS) is 16.9. The molecule has 3 aromatic rings. The number of hydrogen-bond donors (Lipinski definition) is 3. The lowest BCUT2D eigenvalue weighted by Gasteiger charge is -2.33. The summed E-state index contributed by atoms with van der Waals surface area (Å²) >= 11 is 1.47. The van der Waals surface area contributed by atoms with Crippen molar-refractivity contribution in [3.63, 3.8) is 0 Å². The van der Waals surface area contributed by atoms with Crippen molar-refractivity contribution in [1.82, 2.24) is 15.5 Å². The second kappa shape index (κ2) is 15.1. The third kappa shape index (κ3) is 8.33. The number of aliphatic hydroxyl groups excluding tert-OH is 1. The molecule has 0 aliphatic carbocycles. The van der Waals surface area contributed by atoms with E-state index in [0.29, 0.717) is 24.7 Å². The summed E-state index contributed by atoms with van der Waals surface area (Å²) in [7, 11) is 0. The van der Waals surface area contributed by atoms with E-state index in [-0.39, 0.29) is 24.8 Å². The smallest absolute Gasteiger partial charge is 0.258 e. The van der Waals surface area contributed by atoms with Gasteiger partial charge < -0.3 is 30.1 Å². The van der Waals surface area contributed by atoms with Gasteiger partial charge in [0.15, 0.2) is 24.2 Å². The molecule has 1 aliphatic rings.